The Labute approximate surface area is 113 Å². The maximum Gasteiger partial charge on any atom is 0.340 e. The summed E-state index contributed by atoms with van der Waals surface area (Å²) in [6, 6.07) is 5.19. The zero-order chi connectivity index (χ0) is 14.6. The monoisotopic (exact) mass is 264 g/mol. The lowest BCUT2D eigenvalue weighted by Crippen LogP contribution is -2.36. The number of carbonyl (C=O) groups is 2. The van der Waals surface area contributed by atoms with Gasteiger partial charge >= 0.3 is 5.97 Å². The number of aryl methyl sites for hydroxylation is 1. The lowest BCUT2D eigenvalue weighted by Gasteiger charge is -2.21. The molecule has 0 saturated carbocycles. The van der Waals surface area contributed by atoms with Crippen molar-refractivity contribution in [2.24, 2.45) is 0 Å². The van der Waals surface area contributed by atoms with E-state index >= 15 is 0 Å². The topological polar surface area (TPSA) is 72.6 Å². The van der Waals surface area contributed by atoms with Crippen molar-refractivity contribution in [1.82, 2.24) is 4.90 Å². The normalized spacial score (nSPS) is 10.4. The van der Waals surface area contributed by atoms with Crippen molar-refractivity contribution in [1.29, 1.82) is 0 Å². The molecule has 0 saturated heterocycles. The predicted octanol–water partition coefficient (Wildman–Crippen LogP) is 1.60. The molecule has 0 fully saturated rings. The van der Waals surface area contributed by atoms with Crippen LogP contribution in [0.15, 0.2) is 18.2 Å². The molecule has 5 heteroatoms. The van der Waals surface area contributed by atoms with Crippen LogP contribution in [0.4, 0.5) is 5.69 Å². The van der Waals surface area contributed by atoms with Crippen molar-refractivity contribution in [3.05, 3.63) is 29.3 Å². The van der Waals surface area contributed by atoms with E-state index in [1.807, 2.05) is 26.8 Å². The number of rotatable bonds is 4. The van der Waals surface area contributed by atoms with Gasteiger partial charge in [0.05, 0.1) is 5.56 Å². The molecule has 0 unspecified atom stereocenters. The lowest BCUT2D eigenvalue weighted by molar-refractivity contribution is -0.134. The summed E-state index contributed by atoms with van der Waals surface area (Å²) < 4.78 is 4.99. The van der Waals surface area contributed by atoms with E-state index < -0.39 is 5.97 Å². The summed E-state index contributed by atoms with van der Waals surface area (Å²) in [5, 5.41) is 0. The molecule has 0 aliphatic carbocycles. The van der Waals surface area contributed by atoms with E-state index in [4.69, 9.17) is 10.5 Å². The maximum absolute atomic E-state index is 11.8. The number of nitrogen functional groups attached to an aromatic ring is 1. The third kappa shape index (κ3) is 3.71. The summed E-state index contributed by atoms with van der Waals surface area (Å²) in [6.07, 6.45) is 0. The van der Waals surface area contributed by atoms with E-state index in [9.17, 15) is 9.59 Å². The number of nitrogens with two attached hydrogens (primary N) is 1. The minimum Gasteiger partial charge on any atom is -0.452 e. The molecule has 0 aromatic heterocycles. The first-order valence-electron chi connectivity index (χ1n) is 6.12. The molecule has 0 atom stereocenters. The van der Waals surface area contributed by atoms with Crippen LogP contribution >= 0.6 is 0 Å². The number of hydrogen-bond acceptors (Lipinski definition) is 4. The van der Waals surface area contributed by atoms with Crippen LogP contribution in [0.25, 0.3) is 0 Å². The van der Waals surface area contributed by atoms with Crippen LogP contribution in [0, 0.1) is 6.92 Å². The second-order valence-electron chi connectivity index (χ2n) is 4.71. The molecule has 0 heterocycles. The molecule has 0 aliphatic heterocycles. The molecule has 5 nitrogen and oxygen atoms in total. The van der Waals surface area contributed by atoms with Gasteiger partial charge in [-0.25, -0.2) is 4.79 Å². The summed E-state index contributed by atoms with van der Waals surface area (Å²) in [4.78, 5) is 25.1. The van der Waals surface area contributed by atoms with Gasteiger partial charge in [0.25, 0.3) is 5.91 Å². The van der Waals surface area contributed by atoms with Gasteiger partial charge in [-0.3, -0.25) is 4.79 Å². The Morgan fingerprint density at radius 1 is 1.37 bits per heavy atom. The second-order valence-corrected chi connectivity index (χ2v) is 4.71. The summed E-state index contributed by atoms with van der Waals surface area (Å²) in [5.74, 6) is -0.818. The molecule has 1 amide bonds. The van der Waals surface area contributed by atoms with E-state index in [0.29, 0.717) is 11.3 Å². The molecular weight excluding hydrogens is 244 g/mol. The molecule has 1 aromatic rings. The second kappa shape index (κ2) is 6.22. The van der Waals surface area contributed by atoms with Crippen LogP contribution in [0.2, 0.25) is 0 Å². The molecule has 1 aromatic carbocycles. The van der Waals surface area contributed by atoms with Gasteiger partial charge in [0.15, 0.2) is 6.61 Å². The van der Waals surface area contributed by atoms with Crippen LogP contribution in [-0.4, -0.2) is 36.5 Å². The van der Waals surface area contributed by atoms with Crippen molar-refractivity contribution in [3.8, 4) is 0 Å². The Morgan fingerprint density at radius 2 is 2.00 bits per heavy atom. The molecule has 1 rings (SSSR count). The highest BCUT2D eigenvalue weighted by Gasteiger charge is 2.17. The summed E-state index contributed by atoms with van der Waals surface area (Å²) in [7, 11) is 1.67. The van der Waals surface area contributed by atoms with Crippen LogP contribution in [0.5, 0.6) is 0 Å². The van der Waals surface area contributed by atoms with Gasteiger partial charge in [-0.1, -0.05) is 12.1 Å². The number of anilines is 1. The molecule has 0 spiro atoms. The number of ether oxygens (including phenoxy) is 1. The van der Waals surface area contributed by atoms with E-state index in [1.54, 1.807) is 19.2 Å². The van der Waals surface area contributed by atoms with E-state index in [-0.39, 0.29) is 18.6 Å². The third-order valence-electron chi connectivity index (χ3n) is 3.04. The van der Waals surface area contributed by atoms with Crippen LogP contribution < -0.4 is 5.73 Å². The zero-order valence-corrected chi connectivity index (χ0v) is 11.8. The Hall–Kier alpha value is -2.04. The fourth-order valence-corrected chi connectivity index (χ4v) is 1.45. The zero-order valence-electron chi connectivity index (χ0n) is 11.8. The van der Waals surface area contributed by atoms with Crippen molar-refractivity contribution in [2.45, 2.75) is 26.8 Å². The lowest BCUT2D eigenvalue weighted by atomic mass is 10.1. The number of amides is 1. The molecular formula is C14H20N2O3. The van der Waals surface area contributed by atoms with Gasteiger partial charge in [-0.15, -0.1) is 0 Å². The van der Waals surface area contributed by atoms with Crippen molar-refractivity contribution < 1.29 is 14.3 Å². The molecule has 2 N–H and O–H groups in total. The average molecular weight is 264 g/mol. The highest BCUT2D eigenvalue weighted by molar-refractivity contribution is 5.96. The van der Waals surface area contributed by atoms with E-state index in [1.165, 1.54) is 4.90 Å². The molecule has 0 radical (unpaired) electrons. The first kappa shape index (κ1) is 15.0. The standard InChI is InChI=1S/C14H20N2O3/c1-9(2)16(4)12(17)8-19-14(18)11-7-5-6-10(3)13(11)15/h5-7,9H,8,15H2,1-4H3. The molecule has 104 valence electrons. The number of nitrogens with zero attached hydrogens (tertiary/aromatic N) is 1. The van der Waals surface area contributed by atoms with Gasteiger partial charge < -0.3 is 15.4 Å². The fourth-order valence-electron chi connectivity index (χ4n) is 1.45. The highest BCUT2D eigenvalue weighted by atomic mass is 16.5. The van der Waals surface area contributed by atoms with Crippen molar-refractivity contribution in [2.75, 3.05) is 19.4 Å². The number of hydrogen-bond donors (Lipinski definition) is 1. The summed E-state index contributed by atoms with van der Waals surface area (Å²) in [6.45, 7) is 5.31. The first-order chi connectivity index (χ1) is 8.84. The Balaban J connectivity index is 2.66. The Morgan fingerprint density at radius 3 is 2.58 bits per heavy atom. The van der Waals surface area contributed by atoms with Crippen molar-refractivity contribution in [3.63, 3.8) is 0 Å². The number of para-hydroxylation sites is 1. The summed E-state index contributed by atoms with van der Waals surface area (Å²) in [5.41, 5.74) is 7.29. The Bertz CT molecular complexity index is 484. The smallest absolute Gasteiger partial charge is 0.340 e. The number of likely N-dealkylation sites (N-methyl/N-ethyl adjacent to an activating group) is 1. The average Bonchev–Trinajstić information content (AvgIpc) is 2.37. The number of benzene rings is 1. The van der Waals surface area contributed by atoms with Gasteiger partial charge in [0.2, 0.25) is 0 Å². The van der Waals surface area contributed by atoms with Crippen LogP contribution in [-0.2, 0) is 9.53 Å². The number of esters is 1. The first-order valence-corrected chi connectivity index (χ1v) is 6.12. The predicted molar refractivity (Wildman–Crippen MR) is 73.8 cm³/mol. The minimum atomic E-state index is -0.577. The maximum atomic E-state index is 11.8. The third-order valence-corrected chi connectivity index (χ3v) is 3.04. The molecule has 0 bridgehead atoms. The van der Waals surface area contributed by atoms with Gasteiger partial charge in [-0.05, 0) is 32.4 Å². The van der Waals surface area contributed by atoms with Gasteiger partial charge in [0.1, 0.15) is 0 Å². The van der Waals surface area contributed by atoms with Crippen LogP contribution in [0.1, 0.15) is 29.8 Å². The van der Waals surface area contributed by atoms with E-state index in [2.05, 4.69) is 0 Å². The van der Waals surface area contributed by atoms with Gasteiger partial charge in [0, 0.05) is 18.8 Å². The highest BCUT2D eigenvalue weighted by Crippen LogP contribution is 2.17. The molecule has 19 heavy (non-hydrogen) atoms. The van der Waals surface area contributed by atoms with E-state index in [0.717, 1.165) is 5.56 Å². The SMILES string of the molecule is Cc1cccc(C(=O)OCC(=O)N(C)C(C)C)c1N. The number of carbonyl (C=O) groups excluding carboxylic acids is 2. The molecule has 0 aliphatic rings. The fraction of sp³-hybridized carbons (Fsp3) is 0.429. The Kier molecular flexibility index (Phi) is 4.92. The summed E-state index contributed by atoms with van der Waals surface area (Å²) >= 11 is 0. The largest absolute Gasteiger partial charge is 0.452 e. The van der Waals surface area contributed by atoms with Gasteiger partial charge in [-0.2, -0.15) is 0 Å². The minimum absolute atomic E-state index is 0.0650. The van der Waals surface area contributed by atoms with Crippen LogP contribution in [0.3, 0.4) is 0 Å². The van der Waals surface area contributed by atoms with Crippen molar-refractivity contribution >= 4 is 17.6 Å². The quantitative estimate of drug-likeness (QED) is 0.662.